The Balaban J connectivity index is 2.24. The first-order valence-electron chi connectivity index (χ1n) is 8.04. The quantitative estimate of drug-likeness (QED) is 0.677. The normalized spacial score (nSPS) is 11.2. The molecule has 0 aliphatic carbocycles. The first kappa shape index (κ1) is 19.9. The third-order valence-electron chi connectivity index (χ3n) is 3.58. The first-order chi connectivity index (χ1) is 12.4. The molecule has 0 heterocycles. The minimum absolute atomic E-state index is 0.0880. The van der Waals surface area contributed by atoms with Crippen LogP contribution in [0.4, 0.5) is 10.1 Å². The smallest absolute Gasteiger partial charge is 0.264 e. The number of methoxy groups -OCH3 is 1. The Labute approximate surface area is 152 Å². The van der Waals surface area contributed by atoms with Crippen molar-refractivity contribution in [2.24, 2.45) is 0 Å². The van der Waals surface area contributed by atoms with Gasteiger partial charge in [0.2, 0.25) is 5.91 Å². The fourth-order valence-electron chi connectivity index (χ4n) is 2.27. The van der Waals surface area contributed by atoms with E-state index in [-0.39, 0.29) is 11.4 Å². The van der Waals surface area contributed by atoms with Crippen molar-refractivity contribution in [2.45, 2.75) is 11.3 Å². The van der Waals surface area contributed by atoms with Crippen LogP contribution in [0.25, 0.3) is 0 Å². The lowest BCUT2D eigenvalue weighted by Gasteiger charge is -2.24. The van der Waals surface area contributed by atoms with Crippen molar-refractivity contribution in [3.8, 4) is 0 Å². The fraction of sp³-hybridized carbons (Fsp3) is 0.278. The molecular formula is C18H21FN2O4S. The van der Waals surface area contributed by atoms with Gasteiger partial charge in [0, 0.05) is 20.3 Å². The number of amides is 1. The molecule has 0 saturated heterocycles. The number of para-hydroxylation sites is 1. The van der Waals surface area contributed by atoms with Crippen molar-refractivity contribution in [3.05, 3.63) is 60.4 Å². The molecular weight excluding hydrogens is 359 g/mol. The van der Waals surface area contributed by atoms with Crippen molar-refractivity contribution in [3.63, 3.8) is 0 Å². The molecule has 0 bridgehead atoms. The molecule has 0 fully saturated rings. The molecule has 0 unspecified atom stereocenters. The summed E-state index contributed by atoms with van der Waals surface area (Å²) in [5.41, 5.74) is 0.351. The number of nitrogens with zero attached hydrogens (tertiary/aromatic N) is 1. The first-order valence-corrected chi connectivity index (χ1v) is 9.48. The third-order valence-corrected chi connectivity index (χ3v) is 5.37. The maximum atomic E-state index is 13.1. The Hall–Kier alpha value is -2.45. The molecule has 2 aromatic carbocycles. The van der Waals surface area contributed by atoms with Gasteiger partial charge < -0.3 is 10.1 Å². The highest BCUT2D eigenvalue weighted by Crippen LogP contribution is 2.23. The van der Waals surface area contributed by atoms with Gasteiger partial charge in [-0.2, -0.15) is 0 Å². The summed E-state index contributed by atoms with van der Waals surface area (Å²) in [6.07, 6.45) is 0.623. The third kappa shape index (κ3) is 5.27. The summed E-state index contributed by atoms with van der Waals surface area (Å²) in [5.74, 6) is -0.971. The van der Waals surface area contributed by atoms with Crippen molar-refractivity contribution in [1.29, 1.82) is 0 Å². The van der Waals surface area contributed by atoms with Gasteiger partial charge in [0.25, 0.3) is 10.0 Å². The van der Waals surface area contributed by atoms with Crippen LogP contribution in [0.1, 0.15) is 6.42 Å². The van der Waals surface area contributed by atoms with Crippen molar-refractivity contribution < 1.29 is 22.3 Å². The second-order valence-electron chi connectivity index (χ2n) is 5.50. The van der Waals surface area contributed by atoms with Crippen LogP contribution < -0.4 is 9.62 Å². The number of carbonyl (C=O) groups excluding carboxylic acids is 1. The van der Waals surface area contributed by atoms with Gasteiger partial charge in [-0.05, 0) is 42.8 Å². The lowest BCUT2D eigenvalue weighted by molar-refractivity contribution is -0.119. The van der Waals surface area contributed by atoms with E-state index in [2.05, 4.69) is 5.32 Å². The zero-order valence-corrected chi connectivity index (χ0v) is 15.2. The van der Waals surface area contributed by atoms with Crippen LogP contribution in [-0.2, 0) is 19.6 Å². The number of ether oxygens (including phenoxy) is 1. The van der Waals surface area contributed by atoms with E-state index in [0.717, 1.165) is 16.4 Å². The number of hydrogen-bond acceptors (Lipinski definition) is 4. The van der Waals surface area contributed by atoms with Crippen LogP contribution in [0, 0.1) is 5.82 Å². The summed E-state index contributed by atoms with van der Waals surface area (Å²) in [6, 6.07) is 12.8. The lowest BCUT2D eigenvalue weighted by Crippen LogP contribution is -2.41. The number of hydrogen-bond donors (Lipinski definition) is 1. The number of sulfonamides is 1. The van der Waals surface area contributed by atoms with Crippen molar-refractivity contribution in [2.75, 3.05) is 31.1 Å². The van der Waals surface area contributed by atoms with Gasteiger partial charge in [-0.15, -0.1) is 0 Å². The van der Waals surface area contributed by atoms with Gasteiger partial charge in [0.05, 0.1) is 10.6 Å². The van der Waals surface area contributed by atoms with E-state index in [9.17, 15) is 17.6 Å². The summed E-state index contributed by atoms with van der Waals surface area (Å²) < 4.78 is 45.0. The molecule has 0 atom stereocenters. The monoisotopic (exact) mass is 380 g/mol. The van der Waals surface area contributed by atoms with E-state index in [4.69, 9.17) is 4.74 Å². The molecule has 0 saturated carbocycles. The van der Waals surface area contributed by atoms with Gasteiger partial charge in [-0.3, -0.25) is 9.10 Å². The Morgan fingerprint density at radius 2 is 1.77 bits per heavy atom. The summed E-state index contributed by atoms with van der Waals surface area (Å²) in [6.45, 7) is 0.499. The Kier molecular flexibility index (Phi) is 7.11. The summed E-state index contributed by atoms with van der Waals surface area (Å²) >= 11 is 0. The van der Waals surface area contributed by atoms with Crippen molar-refractivity contribution >= 4 is 21.6 Å². The Morgan fingerprint density at radius 3 is 2.38 bits per heavy atom. The zero-order chi connectivity index (χ0) is 19.0. The minimum Gasteiger partial charge on any atom is -0.385 e. The van der Waals surface area contributed by atoms with E-state index >= 15 is 0 Å². The number of halogens is 1. The van der Waals surface area contributed by atoms with Gasteiger partial charge >= 0.3 is 0 Å². The van der Waals surface area contributed by atoms with Gasteiger partial charge in [-0.25, -0.2) is 12.8 Å². The van der Waals surface area contributed by atoms with E-state index in [0.29, 0.717) is 25.3 Å². The van der Waals surface area contributed by atoms with Crippen LogP contribution in [-0.4, -0.2) is 41.1 Å². The molecule has 1 N–H and O–H groups in total. The van der Waals surface area contributed by atoms with Gasteiger partial charge in [0.1, 0.15) is 12.4 Å². The molecule has 0 aliphatic rings. The predicted molar refractivity (Wildman–Crippen MR) is 96.9 cm³/mol. The number of benzene rings is 2. The molecule has 26 heavy (non-hydrogen) atoms. The molecule has 140 valence electrons. The highest BCUT2D eigenvalue weighted by molar-refractivity contribution is 7.92. The van der Waals surface area contributed by atoms with Crippen LogP contribution in [0.15, 0.2) is 59.5 Å². The molecule has 0 aliphatic heterocycles. The molecule has 1 amide bonds. The Morgan fingerprint density at radius 1 is 1.12 bits per heavy atom. The van der Waals surface area contributed by atoms with Crippen LogP contribution in [0.5, 0.6) is 0 Å². The average molecular weight is 380 g/mol. The highest BCUT2D eigenvalue weighted by Gasteiger charge is 2.27. The zero-order valence-electron chi connectivity index (χ0n) is 14.4. The maximum absolute atomic E-state index is 13.1. The minimum atomic E-state index is -4.02. The predicted octanol–water partition coefficient (Wildman–Crippen LogP) is 2.17. The van der Waals surface area contributed by atoms with Crippen LogP contribution in [0.3, 0.4) is 0 Å². The van der Waals surface area contributed by atoms with E-state index in [1.807, 2.05) is 0 Å². The number of carbonyl (C=O) groups is 1. The summed E-state index contributed by atoms with van der Waals surface area (Å²) in [4.78, 5) is 12.1. The lowest BCUT2D eigenvalue weighted by atomic mass is 10.3. The topological polar surface area (TPSA) is 75.7 Å². The maximum Gasteiger partial charge on any atom is 0.264 e. The molecule has 2 rings (SSSR count). The number of nitrogens with one attached hydrogen (secondary N) is 1. The summed E-state index contributed by atoms with van der Waals surface area (Å²) in [5, 5.41) is 2.67. The number of anilines is 1. The second kappa shape index (κ2) is 9.30. The molecule has 0 spiro atoms. The fourth-order valence-corrected chi connectivity index (χ4v) is 3.69. The van der Waals surface area contributed by atoms with E-state index in [1.54, 1.807) is 37.4 Å². The standard InChI is InChI=1S/C18H21FN2O4S/c1-25-13-5-12-20-18(22)14-21(16-6-3-2-4-7-16)26(23,24)17-10-8-15(19)9-11-17/h2-4,6-11H,5,12-14H2,1H3,(H,20,22). The SMILES string of the molecule is COCCCNC(=O)CN(c1ccccc1)S(=O)(=O)c1ccc(F)cc1. The summed E-state index contributed by atoms with van der Waals surface area (Å²) in [7, 11) is -2.46. The van der Waals surface area contributed by atoms with Crippen LogP contribution in [0.2, 0.25) is 0 Å². The van der Waals surface area contributed by atoms with Gasteiger partial charge in [0.15, 0.2) is 0 Å². The Bertz CT molecular complexity index is 811. The molecule has 2 aromatic rings. The van der Waals surface area contributed by atoms with Crippen LogP contribution >= 0.6 is 0 Å². The average Bonchev–Trinajstić information content (AvgIpc) is 2.64. The molecule has 8 heteroatoms. The molecule has 0 aromatic heterocycles. The molecule has 0 radical (unpaired) electrons. The molecule has 6 nitrogen and oxygen atoms in total. The van der Waals surface area contributed by atoms with E-state index < -0.39 is 21.7 Å². The van der Waals surface area contributed by atoms with E-state index in [1.165, 1.54) is 12.1 Å². The number of rotatable bonds is 9. The highest BCUT2D eigenvalue weighted by atomic mass is 32.2. The largest absolute Gasteiger partial charge is 0.385 e. The second-order valence-corrected chi connectivity index (χ2v) is 7.36. The van der Waals surface area contributed by atoms with Crippen molar-refractivity contribution in [1.82, 2.24) is 5.32 Å². The van der Waals surface area contributed by atoms with Gasteiger partial charge in [-0.1, -0.05) is 18.2 Å².